The third-order valence-electron chi connectivity index (χ3n) is 10.0. The van der Waals surface area contributed by atoms with Crippen LogP contribution in [0.2, 0.25) is 0 Å². The van der Waals surface area contributed by atoms with E-state index < -0.39 is 6.17 Å². The van der Waals surface area contributed by atoms with Gasteiger partial charge in [-0.1, -0.05) is 105 Å². The number of alkyl halides is 1. The van der Waals surface area contributed by atoms with Crippen molar-refractivity contribution < 1.29 is 4.39 Å². The molecule has 258 valence electrons. The topological polar surface area (TPSA) is 39.3 Å². The van der Waals surface area contributed by atoms with Gasteiger partial charge in [-0.25, -0.2) is 4.39 Å². The highest BCUT2D eigenvalue weighted by molar-refractivity contribution is 5.26. The van der Waals surface area contributed by atoms with Crippen molar-refractivity contribution in [3.05, 3.63) is 108 Å². The van der Waals surface area contributed by atoms with Crippen LogP contribution in [0.5, 0.6) is 0 Å². The van der Waals surface area contributed by atoms with E-state index in [1.54, 1.807) is 6.08 Å². The predicted molar refractivity (Wildman–Crippen MR) is 200 cm³/mol. The molecule has 0 radical (unpaired) electrons. The monoisotopic (exact) mass is 643 g/mol. The summed E-state index contributed by atoms with van der Waals surface area (Å²) >= 11 is 0. The Kier molecular flexibility index (Phi) is 15.9. The molecule has 3 aliphatic carbocycles. The van der Waals surface area contributed by atoms with Crippen LogP contribution in [0.1, 0.15) is 77.3 Å². The zero-order valence-electron chi connectivity index (χ0n) is 29.8. The molecule has 47 heavy (non-hydrogen) atoms. The van der Waals surface area contributed by atoms with Crippen LogP contribution in [0.3, 0.4) is 0 Å². The summed E-state index contributed by atoms with van der Waals surface area (Å²) in [6.07, 6.45) is 29.6. The van der Waals surface area contributed by atoms with E-state index >= 15 is 0 Å². The van der Waals surface area contributed by atoms with Gasteiger partial charge in [0.15, 0.2) is 0 Å². The molecule has 3 aliphatic rings. The molecule has 0 amide bonds. The van der Waals surface area contributed by atoms with Crippen LogP contribution in [0.15, 0.2) is 96.7 Å². The van der Waals surface area contributed by atoms with Crippen LogP contribution < -0.4 is 16.0 Å². The molecule has 0 aliphatic heterocycles. The van der Waals surface area contributed by atoms with Crippen molar-refractivity contribution in [2.75, 3.05) is 39.3 Å². The third kappa shape index (κ3) is 14.6. The van der Waals surface area contributed by atoms with Crippen molar-refractivity contribution in [2.24, 2.45) is 23.7 Å². The Hall–Kier alpha value is -2.57. The molecule has 1 aromatic rings. The van der Waals surface area contributed by atoms with Crippen LogP contribution in [-0.2, 0) is 13.1 Å². The minimum atomic E-state index is -0.757. The first-order chi connectivity index (χ1) is 22.8. The van der Waals surface area contributed by atoms with E-state index in [2.05, 4.69) is 134 Å². The Labute approximate surface area is 286 Å². The van der Waals surface area contributed by atoms with Crippen LogP contribution in [0.25, 0.3) is 0 Å². The quantitative estimate of drug-likeness (QED) is 0.118. The smallest absolute Gasteiger partial charge is 0.118 e. The van der Waals surface area contributed by atoms with E-state index in [1.807, 2.05) is 0 Å². The van der Waals surface area contributed by atoms with E-state index in [9.17, 15) is 4.39 Å². The Bertz CT molecular complexity index is 1220. The fraction of sp³-hybridized carbons (Fsp3) is 0.571. The van der Waals surface area contributed by atoms with Crippen LogP contribution in [-0.4, -0.2) is 55.9 Å². The summed E-state index contributed by atoms with van der Waals surface area (Å²) in [5, 5.41) is 11.3. The fourth-order valence-corrected chi connectivity index (χ4v) is 6.81. The molecule has 5 atom stereocenters. The second kappa shape index (κ2) is 20.1. The lowest BCUT2D eigenvalue weighted by Gasteiger charge is -2.31. The number of nitrogens with zero attached hydrogens (tertiary/aromatic N) is 1. The van der Waals surface area contributed by atoms with Gasteiger partial charge in [0.1, 0.15) is 6.17 Å². The molecule has 0 saturated carbocycles. The van der Waals surface area contributed by atoms with Gasteiger partial charge >= 0.3 is 0 Å². The van der Waals surface area contributed by atoms with Crippen molar-refractivity contribution >= 4 is 0 Å². The Morgan fingerprint density at radius 2 is 1.60 bits per heavy atom. The standard InChI is InChI=1S/C42H63FN4/c1-34-11-9-10-13-37(16-15-34)30-44-25-27-47(28-26-45-32-40-14-8-6-5-7-12-35(40)2)33-39-19-17-38(18-20-39)31-46-42(3,4)29-36-21-23-41(43)24-22-36/h5-6,8-11,13-14,16-21,23,34-36,40-41,44-46H,7,12,15,22,24-33H2,1-4H3. The first kappa shape index (κ1) is 37.3. The molecule has 0 spiro atoms. The largest absolute Gasteiger partial charge is 0.315 e. The van der Waals surface area contributed by atoms with Crippen molar-refractivity contribution in [2.45, 2.75) is 91.0 Å². The summed E-state index contributed by atoms with van der Waals surface area (Å²) in [6, 6.07) is 9.16. The van der Waals surface area contributed by atoms with E-state index in [1.165, 1.54) is 29.5 Å². The number of hydrogen-bond acceptors (Lipinski definition) is 4. The second-order valence-corrected chi connectivity index (χ2v) is 14.9. The number of allylic oxidation sites excluding steroid dienone is 9. The molecule has 5 unspecified atom stereocenters. The zero-order chi connectivity index (χ0) is 33.3. The average molecular weight is 643 g/mol. The highest BCUT2D eigenvalue weighted by Crippen LogP contribution is 2.27. The first-order valence-electron chi connectivity index (χ1n) is 18.4. The molecule has 0 aromatic heterocycles. The maximum atomic E-state index is 13.5. The lowest BCUT2D eigenvalue weighted by molar-refractivity contribution is 0.261. The minimum absolute atomic E-state index is 0.00461. The van der Waals surface area contributed by atoms with E-state index in [4.69, 9.17) is 0 Å². The molecular formula is C42H63FN4. The Morgan fingerprint density at radius 1 is 0.830 bits per heavy atom. The Morgan fingerprint density at radius 3 is 2.38 bits per heavy atom. The number of benzene rings is 1. The average Bonchev–Trinajstić information content (AvgIpc) is 3.04. The molecule has 0 fully saturated rings. The molecule has 0 heterocycles. The fourth-order valence-electron chi connectivity index (χ4n) is 6.81. The summed E-state index contributed by atoms with van der Waals surface area (Å²) in [4.78, 5) is 2.59. The molecule has 5 heteroatoms. The summed E-state index contributed by atoms with van der Waals surface area (Å²) < 4.78 is 13.5. The minimum Gasteiger partial charge on any atom is -0.315 e. The van der Waals surface area contributed by atoms with Gasteiger partial charge in [-0.15, -0.1) is 0 Å². The van der Waals surface area contributed by atoms with Gasteiger partial charge in [-0.3, -0.25) is 4.90 Å². The predicted octanol–water partition coefficient (Wildman–Crippen LogP) is 8.47. The van der Waals surface area contributed by atoms with E-state index in [0.717, 1.165) is 71.6 Å². The van der Waals surface area contributed by atoms with Crippen LogP contribution in [0.4, 0.5) is 4.39 Å². The first-order valence-corrected chi connectivity index (χ1v) is 18.4. The molecule has 4 nitrogen and oxygen atoms in total. The summed E-state index contributed by atoms with van der Waals surface area (Å²) in [7, 11) is 0. The van der Waals surface area contributed by atoms with E-state index in [0.29, 0.717) is 30.1 Å². The normalized spacial score (nSPS) is 25.0. The summed E-state index contributed by atoms with van der Waals surface area (Å²) in [6.45, 7) is 16.9. The number of rotatable bonds is 17. The summed E-state index contributed by atoms with van der Waals surface area (Å²) in [5.41, 5.74) is 4.04. The molecule has 3 N–H and O–H groups in total. The maximum Gasteiger partial charge on any atom is 0.118 e. The molecular weight excluding hydrogens is 579 g/mol. The molecule has 0 saturated heterocycles. The lowest BCUT2D eigenvalue weighted by atomic mass is 9.84. The van der Waals surface area contributed by atoms with Gasteiger partial charge in [-0.2, -0.15) is 0 Å². The highest BCUT2D eigenvalue weighted by atomic mass is 19.1. The van der Waals surface area contributed by atoms with Crippen molar-refractivity contribution in [3.63, 3.8) is 0 Å². The molecule has 4 rings (SSSR count). The van der Waals surface area contributed by atoms with Gasteiger partial charge in [0.05, 0.1) is 0 Å². The zero-order valence-corrected chi connectivity index (χ0v) is 29.8. The number of hydrogen-bond donors (Lipinski definition) is 3. The third-order valence-corrected chi connectivity index (χ3v) is 10.0. The van der Waals surface area contributed by atoms with Crippen LogP contribution in [0, 0.1) is 23.7 Å². The second-order valence-electron chi connectivity index (χ2n) is 14.9. The molecule has 0 bridgehead atoms. The highest BCUT2D eigenvalue weighted by Gasteiger charge is 2.24. The van der Waals surface area contributed by atoms with Gasteiger partial charge < -0.3 is 16.0 Å². The van der Waals surface area contributed by atoms with Gasteiger partial charge in [0, 0.05) is 57.9 Å². The Balaban J connectivity index is 1.27. The van der Waals surface area contributed by atoms with Crippen LogP contribution >= 0.6 is 0 Å². The maximum absolute atomic E-state index is 13.5. The number of nitrogens with one attached hydrogen (secondary N) is 3. The van der Waals surface area contributed by atoms with Gasteiger partial charge in [0.25, 0.3) is 0 Å². The van der Waals surface area contributed by atoms with Crippen molar-refractivity contribution in [3.8, 4) is 0 Å². The molecule has 1 aromatic carbocycles. The SMILES string of the molecule is CC1C=CC=CC(CNCCN(CCNCC2C=CC=CCCC2C)Cc2ccc(CNC(C)(C)CC3C=CC(F)CC3)cc2)=CC1. The summed E-state index contributed by atoms with van der Waals surface area (Å²) in [5.74, 6) is 2.34. The van der Waals surface area contributed by atoms with Gasteiger partial charge in [0.2, 0.25) is 0 Å². The number of halogens is 1. The van der Waals surface area contributed by atoms with E-state index in [-0.39, 0.29) is 5.54 Å². The van der Waals surface area contributed by atoms with Crippen molar-refractivity contribution in [1.29, 1.82) is 0 Å². The van der Waals surface area contributed by atoms with Gasteiger partial charge in [-0.05, 0) is 92.7 Å². The lowest BCUT2D eigenvalue weighted by Crippen LogP contribution is -2.40. The van der Waals surface area contributed by atoms with Crippen molar-refractivity contribution in [1.82, 2.24) is 20.9 Å².